The van der Waals surface area contributed by atoms with Crippen molar-refractivity contribution in [3.8, 4) is 0 Å². The number of furan rings is 1. The number of hydrogen-bond acceptors (Lipinski definition) is 5. The summed E-state index contributed by atoms with van der Waals surface area (Å²) < 4.78 is 11.3. The summed E-state index contributed by atoms with van der Waals surface area (Å²) in [5, 5.41) is 3.05. The quantitative estimate of drug-likeness (QED) is 0.899. The number of ether oxygens (including phenoxy) is 1. The maximum absolute atomic E-state index is 12.8. The van der Waals surface area contributed by atoms with Crippen LogP contribution in [0.25, 0.3) is 0 Å². The van der Waals surface area contributed by atoms with Gasteiger partial charge in [-0.2, -0.15) is 0 Å². The van der Waals surface area contributed by atoms with Crippen LogP contribution in [0.2, 0.25) is 0 Å². The zero-order valence-electron chi connectivity index (χ0n) is 14.1. The number of fused-ring (bicyclic) bond motifs is 1. The highest BCUT2D eigenvalue weighted by Gasteiger charge is 2.43. The molecular weight excluding hydrogens is 318 g/mol. The minimum Gasteiger partial charge on any atom is -0.468 e. The first-order valence-electron chi connectivity index (χ1n) is 8.83. The average Bonchev–Trinajstić information content (AvgIpc) is 3.31. The van der Waals surface area contributed by atoms with Crippen LogP contribution in [0, 0.1) is 11.8 Å². The molecule has 2 fully saturated rings. The van der Waals surface area contributed by atoms with E-state index >= 15 is 0 Å². The van der Waals surface area contributed by atoms with Gasteiger partial charge in [-0.05, 0) is 30.7 Å². The Morgan fingerprint density at radius 3 is 3.04 bits per heavy atom. The number of piperidine rings is 1. The number of nitrogens with one attached hydrogen (secondary N) is 1. The van der Waals surface area contributed by atoms with Crippen LogP contribution in [0.15, 0.2) is 47.2 Å². The molecule has 2 saturated heterocycles. The fourth-order valence-electron chi connectivity index (χ4n) is 3.90. The molecule has 132 valence electrons. The fraction of sp³-hybridized carbons (Fsp3) is 0.474. The van der Waals surface area contributed by atoms with Gasteiger partial charge < -0.3 is 14.5 Å². The van der Waals surface area contributed by atoms with E-state index in [1.807, 2.05) is 30.3 Å². The highest BCUT2D eigenvalue weighted by molar-refractivity contribution is 5.79. The summed E-state index contributed by atoms with van der Waals surface area (Å²) in [5.74, 6) is 1.26. The van der Waals surface area contributed by atoms with Crippen molar-refractivity contribution < 1.29 is 13.9 Å². The van der Waals surface area contributed by atoms with E-state index < -0.39 is 0 Å². The third kappa shape index (κ3) is 3.75. The predicted molar refractivity (Wildman–Crippen MR) is 91.4 cm³/mol. The van der Waals surface area contributed by atoms with E-state index in [2.05, 4.69) is 15.2 Å². The number of likely N-dealkylation sites (tertiary alicyclic amines) is 1. The molecule has 2 aliphatic rings. The number of aromatic nitrogens is 1. The van der Waals surface area contributed by atoms with Gasteiger partial charge in [0.15, 0.2) is 0 Å². The topological polar surface area (TPSA) is 67.6 Å². The Morgan fingerprint density at radius 2 is 2.24 bits per heavy atom. The number of carbonyl (C=O) groups excluding carboxylic acids is 1. The fourth-order valence-corrected chi connectivity index (χ4v) is 3.90. The first-order chi connectivity index (χ1) is 12.3. The first kappa shape index (κ1) is 16.3. The van der Waals surface area contributed by atoms with E-state index in [4.69, 9.17) is 9.15 Å². The SMILES string of the molecule is O=C(NCc1ccccn1)[C@H]1CN(Cc2ccco2)C[C@H]2OCC[C@@H]12. The van der Waals surface area contributed by atoms with Crippen LogP contribution in [0.3, 0.4) is 0 Å². The lowest BCUT2D eigenvalue weighted by atomic mass is 9.82. The van der Waals surface area contributed by atoms with E-state index in [1.165, 1.54) is 0 Å². The second kappa shape index (κ2) is 7.37. The molecule has 1 amide bonds. The molecule has 1 N–H and O–H groups in total. The van der Waals surface area contributed by atoms with Gasteiger partial charge in [-0.3, -0.25) is 14.7 Å². The van der Waals surface area contributed by atoms with E-state index in [1.54, 1.807) is 12.5 Å². The van der Waals surface area contributed by atoms with Crippen LogP contribution in [0.1, 0.15) is 17.9 Å². The van der Waals surface area contributed by atoms with Gasteiger partial charge in [-0.1, -0.05) is 6.07 Å². The van der Waals surface area contributed by atoms with Crippen LogP contribution in [-0.4, -0.2) is 41.6 Å². The van der Waals surface area contributed by atoms with Gasteiger partial charge >= 0.3 is 0 Å². The predicted octanol–water partition coefficient (Wildman–Crippen LogP) is 1.83. The maximum Gasteiger partial charge on any atom is 0.225 e. The molecule has 6 nitrogen and oxygen atoms in total. The molecule has 0 spiro atoms. The lowest BCUT2D eigenvalue weighted by Crippen LogP contribution is -2.52. The van der Waals surface area contributed by atoms with E-state index in [9.17, 15) is 4.79 Å². The van der Waals surface area contributed by atoms with Crippen molar-refractivity contribution >= 4 is 5.91 Å². The number of nitrogens with zero attached hydrogens (tertiary/aromatic N) is 2. The molecule has 0 saturated carbocycles. The van der Waals surface area contributed by atoms with Crippen LogP contribution in [0.5, 0.6) is 0 Å². The zero-order valence-corrected chi connectivity index (χ0v) is 14.1. The van der Waals surface area contributed by atoms with Crippen LogP contribution in [0.4, 0.5) is 0 Å². The molecular formula is C19H23N3O3. The van der Waals surface area contributed by atoms with Crippen molar-refractivity contribution in [2.75, 3.05) is 19.7 Å². The van der Waals surface area contributed by atoms with Crippen LogP contribution in [-0.2, 0) is 22.6 Å². The molecule has 3 atom stereocenters. The second-order valence-electron chi connectivity index (χ2n) is 6.78. The Labute approximate surface area is 147 Å². The normalized spacial score (nSPS) is 26.3. The molecule has 4 heterocycles. The smallest absolute Gasteiger partial charge is 0.225 e. The van der Waals surface area contributed by atoms with Gasteiger partial charge in [-0.15, -0.1) is 0 Å². The van der Waals surface area contributed by atoms with Crippen molar-refractivity contribution in [1.29, 1.82) is 0 Å². The van der Waals surface area contributed by atoms with Crippen molar-refractivity contribution in [2.45, 2.75) is 25.6 Å². The van der Waals surface area contributed by atoms with Crippen molar-refractivity contribution in [3.05, 3.63) is 54.2 Å². The van der Waals surface area contributed by atoms with Crippen LogP contribution >= 0.6 is 0 Å². The molecule has 0 aliphatic carbocycles. The molecule has 0 radical (unpaired) electrons. The summed E-state index contributed by atoms with van der Waals surface area (Å²) in [6.07, 6.45) is 4.52. The van der Waals surface area contributed by atoms with E-state index in [0.717, 1.165) is 37.6 Å². The second-order valence-corrected chi connectivity index (χ2v) is 6.78. The molecule has 25 heavy (non-hydrogen) atoms. The Balaban J connectivity index is 1.41. The maximum atomic E-state index is 12.8. The molecule has 0 bridgehead atoms. The van der Waals surface area contributed by atoms with Gasteiger partial charge in [-0.25, -0.2) is 0 Å². The van der Waals surface area contributed by atoms with Crippen molar-refractivity contribution in [3.63, 3.8) is 0 Å². The minimum atomic E-state index is -0.0556. The summed E-state index contributed by atoms with van der Waals surface area (Å²) in [4.78, 5) is 19.3. The first-order valence-corrected chi connectivity index (χ1v) is 8.83. The summed E-state index contributed by atoms with van der Waals surface area (Å²) in [6.45, 7) is 3.51. The number of rotatable bonds is 5. The molecule has 2 aromatic rings. The van der Waals surface area contributed by atoms with E-state index in [0.29, 0.717) is 19.0 Å². The summed E-state index contributed by atoms with van der Waals surface area (Å²) in [7, 11) is 0. The Hall–Kier alpha value is -2.18. The molecule has 0 unspecified atom stereocenters. The lowest BCUT2D eigenvalue weighted by Gasteiger charge is -2.38. The highest BCUT2D eigenvalue weighted by Crippen LogP contribution is 2.34. The van der Waals surface area contributed by atoms with Gasteiger partial charge in [0.2, 0.25) is 5.91 Å². The number of hydrogen-bond donors (Lipinski definition) is 1. The Bertz CT molecular complexity index is 689. The third-order valence-corrected chi connectivity index (χ3v) is 5.14. The summed E-state index contributed by atoms with van der Waals surface area (Å²) >= 11 is 0. The Morgan fingerprint density at radius 1 is 1.28 bits per heavy atom. The van der Waals surface area contributed by atoms with Crippen molar-refractivity contribution in [1.82, 2.24) is 15.2 Å². The van der Waals surface area contributed by atoms with Gasteiger partial charge in [0.05, 0.1) is 37.1 Å². The molecule has 2 aromatic heterocycles. The van der Waals surface area contributed by atoms with Gasteiger partial charge in [0.1, 0.15) is 5.76 Å². The number of carbonyl (C=O) groups is 1. The Kier molecular flexibility index (Phi) is 4.81. The highest BCUT2D eigenvalue weighted by atomic mass is 16.5. The van der Waals surface area contributed by atoms with Gasteiger partial charge in [0.25, 0.3) is 0 Å². The molecule has 6 heteroatoms. The standard InChI is InChI=1S/C19H23N3O3/c23-19(21-10-14-4-1-2-7-20-14)17-12-22(11-15-5-3-8-24-15)13-18-16(17)6-9-25-18/h1-5,7-8,16-18H,6,9-13H2,(H,21,23)/t16-,17-,18+/m0/s1. The summed E-state index contributed by atoms with van der Waals surface area (Å²) in [6, 6.07) is 9.59. The molecule has 2 aliphatic heterocycles. The molecule has 0 aromatic carbocycles. The summed E-state index contributed by atoms with van der Waals surface area (Å²) in [5.41, 5.74) is 0.873. The lowest BCUT2D eigenvalue weighted by molar-refractivity contribution is -0.131. The molecule has 4 rings (SSSR count). The van der Waals surface area contributed by atoms with Gasteiger partial charge in [0, 0.05) is 31.8 Å². The number of amides is 1. The van der Waals surface area contributed by atoms with Crippen molar-refractivity contribution in [2.24, 2.45) is 11.8 Å². The monoisotopic (exact) mass is 341 g/mol. The third-order valence-electron chi connectivity index (χ3n) is 5.14. The minimum absolute atomic E-state index is 0.0556. The average molecular weight is 341 g/mol. The van der Waals surface area contributed by atoms with Crippen LogP contribution < -0.4 is 5.32 Å². The van der Waals surface area contributed by atoms with E-state index in [-0.39, 0.29) is 17.9 Å². The number of pyridine rings is 1. The zero-order chi connectivity index (χ0) is 17.1. The largest absolute Gasteiger partial charge is 0.468 e.